The third-order valence-electron chi connectivity index (χ3n) is 3.88. The molecule has 1 aliphatic rings. The van der Waals surface area contributed by atoms with Crippen LogP contribution in [0.4, 0.5) is 0 Å². The topological polar surface area (TPSA) is 54.3 Å². The smallest absolute Gasteiger partial charge is 0.263 e. The van der Waals surface area contributed by atoms with E-state index in [4.69, 9.17) is 0 Å². The predicted octanol–water partition coefficient (Wildman–Crippen LogP) is 1.43. The number of carbonyl (C=O) groups excluding carboxylic acids is 1. The fourth-order valence-corrected chi connectivity index (χ4v) is 2.75. The maximum atomic E-state index is 12.7. The monoisotopic (exact) mass is 291 g/mol. The van der Waals surface area contributed by atoms with Gasteiger partial charge in [-0.2, -0.15) is 0 Å². The fraction of sp³-hybridized carbons (Fsp3) is 0.625. The second-order valence-electron chi connectivity index (χ2n) is 5.83. The first kappa shape index (κ1) is 15.8. The lowest BCUT2D eigenvalue weighted by molar-refractivity contribution is 0.0733. The Kier molecular flexibility index (Phi) is 5.17. The second-order valence-corrected chi connectivity index (χ2v) is 5.83. The largest absolute Gasteiger partial charge is 0.336 e. The van der Waals surface area contributed by atoms with E-state index in [9.17, 15) is 9.59 Å². The summed E-state index contributed by atoms with van der Waals surface area (Å²) < 4.78 is 1.76. The number of pyridine rings is 1. The first-order valence-corrected chi connectivity index (χ1v) is 7.80. The highest BCUT2D eigenvalue weighted by Crippen LogP contribution is 2.14. The fourth-order valence-electron chi connectivity index (χ4n) is 2.75. The van der Waals surface area contributed by atoms with Crippen molar-refractivity contribution in [2.24, 2.45) is 0 Å². The molecule has 1 aromatic heterocycles. The van der Waals surface area contributed by atoms with Crippen LogP contribution in [0.2, 0.25) is 0 Å². The lowest BCUT2D eigenvalue weighted by atomic mass is 10.1. The van der Waals surface area contributed by atoms with Crippen LogP contribution < -0.4 is 10.9 Å². The Hall–Kier alpha value is -1.62. The number of hydrogen-bond donors (Lipinski definition) is 1. The van der Waals surface area contributed by atoms with Gasteiger partial charge in [-0.3, -0.25) is 9.59 Å². The van der Waals surface area contributed by atoms with Gasteiger partial charge in [-0.05, 0) is 24.5 Å². The molecule has 0 aliphatic carbocycles. The molecular formula is C16H25N3O2. The minimum Gasteiger partial charge on any atom is -0.336 e. The molecule has 5 heteroatoms. The molecule has 1 aromatic rings. The van der Waals surface area contributed by atoms with E-state index in [-0.39, 0.29) is 17.4 Å². The molecule has 0 atom stereocenters. The van der Waals surface area contributed by atoms with Crippen LogP contribution in [-0.2, 0) is 6.54 Å². The van der Waals surface area contributed by atoms with E-state index in [1.807, 2.05) is 13.0 Å². The maximum Gasteiger partial charge on any atom is 0.263 e. The van der Waals surface area contributed by atoms with Crippen molar-refractivity contribution in [2.45, 2.75) is 39.7 Å². The van der Waals surface area contributed by atoms with E-state index in [0.29, 0.717) is 25.2 Å². The predicted molar refractivity (Wildman–Crippen MR) is 83.9 cm³/mol. The van der Waals surface area contributed by atoms with Crippen molar-refractivity contribution in [3.8, 4) is 0 Å². The molecule has 1 amide bonds. The zero-order chi connectivity index (χ0) is 15.4. The van der Waals surface area contributed by atoms with Crippen LogP contribution in [0.5, 0.6) is 0 Å². The summed E-state index contributed by atoms with van der Waals surface area (Å²) in [5, 5.41) is 3.21. The molecule has 1 N–H and O–H groups in total. The van der Waals surface area contributed by atoms with Gasteiger partial charge in [-0.1, -0.05) is 20.8 Å². The highest BCUT2D eigenvalue weighted by Gasteiger charge is 2.22. The third-order valence-corrected chi connectivity index (χ3v) is 3.88. The summed E-state index contributed by atoms with van der Waals surface area (Å²) in [5.41, 5.74) is 1.15. The molecule has 0 spiro atoms. The maximum absolute atomic E-state index is 12.7. The number of hydrogen-bond acceptors (Lipinski definition) is 3. The lowest BCUT2D eigenvalue weighted by Crippen LogP contribution is -2.48. The van der Waals surface area contributed by atoms with E-state index in [1.165, 1.54) is 0 Å². The Morgan fingerprint density at radius 3 is 2.52 bits per heavy atom. The van der Waals surface area contributed by atoms with Crippen molar-refractivity contribution < 1.29 is 4.79 Å². The highest BCUT2D eigenvalue weighted by atomic mass is 16.2. The van der Waals surface area contributed by atoms with E-state index in [2.05, 4.69) is 19.2 Å². The van der Waals surface area contributed by atoms with Gasteiger partial charge in [-0.15, -0.1) is 0 Å². The Labute approximate surface area is 126 Å². The molecule has 5 nitrogen and oxygen atoms in total. The summed E-state index contributed by atoms with van der Waals surface area (Å²) in [6.07, 6.45) is 0.880. The van der Waals surface area contributed by atoms with Crippen LogP contribution in [0.15, 0.2) is 16.9 Å². The average Bonchev–Trinajstić information content (AvgIpc) is 2.49. The zero-order valence-electron chi connectivity index (χ0n) is 13.2. The molecular weight excluding hydrogens is 266 g/mol. The molecule has 0 saturated carbocycles. The normalized spacial score (nSPS) is 15.5. The van der Waals surface area contributed by atoms with E-state index in [0.717, 1.165) is 25.2 Å². The van der Waals surface area contributed by atoms with Crippen LogP contribution >= 0.6 is 0 Å². The van der Waals surface area contributed by atoms with E-state index in [1.54, 1.807) is 15.5 Å². The first-order valence-electron chi connectivity index (χ1n) is 7.80. The van der Waals surface area contributed by atoms with Crippen molar-refractivity contribution in [3.05, 3.63) is 33.7 Å². The number of piperazine rings is 1. The molecule has 0 radical (unpaired) electrons. The van der Waals surface area contributed by atoms with Crippen LogP contribution in [0, 0.1) is 0 Å². The van der Waals surface area contributed by atoms with Gasteiger partial charge >= 0.3 is 0 Å². The molecule has 2 heterocycles. The Morgan fingerprint density at radius 2 is 1.95 bits per heavy atom. The standard InChI is InChI=1S/C16H25N3O2/c1-4-9-19-14(12(2)3)6-5-13(16(19)21)15(20)18-10-7-17-8-11-18/h5-6,12,17H,4,7-11H2,1-3H3. The average molecular weight is 291 g/mol. The minimum absolute atomic E-state index is 0.137. The molecule has 1 fully saturated rings. The van der Waals surface area contributed by atoms with Gasteiger partial charge in [-0.25, -0.2) is 0 Å². The number of rotatable bonds is 4. The molecule has 1 saturated heterocycles. The van der Waals surface area contributed by atoms with E-state index >= 15 is 0 Å². The van der Waals surface area contributed by atoms with Crippen LogP contribution in [0.1, 0.15) is 49.2 Å². The number of nitrogens with zero attached hydrogens (tertiary/aromatic N) is 2. The lowest BCUT2D eigenvalue weighted by Gasteiger charge is -2.27. The summed E-state index contributed by atoms with van der Waals surface area (Å²) >= 11 is 0. The minimum atomic E-state index is -0.147. The van der Waals surface area contributed by atoms with Crippen LogP contribution in [-0.4, -0.2) is 41.6 Å². The van der Waals surface area contributed by atoms with Gasteiger partial charge in [0, 0.05) is 38.4 Å². The van der Waals surface area contributed by atoms with Crippen LogP contribution in [0.25, 0.3) is 0 Å². The number of amides is 1. The summed E-state index contributed by atoms with van der Waals surface area (Å²) in [7, 11) is 0. The quantitative estimate of drug-likeness (QED) is 0.913. The number of carbonyl (C=O) groups is 1. The summed E-state index contributed by atoms with van der Waals surface area (Å²) in [6.45, 7) is 9.75. The molecule has 0 bridgehead atoms. The second kappa shape index (κ2) is 6.89. The molecule has 0 unspecified atom stereocenters. The van der Waals surface area contributed by atoms with Crippen molar-refractivity contribution in [3.63, 3.8) is 0 Å². The third kappa shape index (κ3) is 3.35. The molecule has 0 aromatic carbocycles. The molecule has 116 valence electrons. The molecule has 21 heavy (non-hydrogen) atoms. The zero-order valence-corrected chi connectivity index (χ0v) is 13.2. The first-order chi connectivity index (χ1) is 10.1. The van der Waals surface area contributed by atoms with Gasteiger partial charge in [0.2, 0.25) is 0 Å². The Bertz CT molecular complexity index is 557. The van der Waals surface area contributed by atoms with Gasteiger partial charge in [0.25, 0.3) is 11.5 Å². The Balaban J connectivity index is 2.38. The number of nitrogens with one attached hydrogen (secondary N) is 1. The van der Waals surface area contributed by atoms with Crippen molar-refractivity contribution in [1.82, 2.24) is 14.8 Å². The Morgan fingerprint density at radius 1 is 1.29 bits per heavy atom. The van der Waals surface area contributed by atoms with Gasteiger partial charge < -0.3 is 14.8 Å². The van der Waals surface area contributed by atoms with E-state index < -0.39 is 0 Å². The molecule has 1 aliphatic heterocycles. The summed E-state index contributed by atoms with van der Waals surface area (Å²) in [4.78, 5) is 27.0. The van der Waals surface area contributed by atoms with Gasteiger partial charge in [0.05, 0.1) is 0 Å². The van der Waals surface area contributed by atoms with Crippen molar-refractivity contribution in [2.75, 3.05) is 26.2 Å². The van der Waals surface area contributed by atoms with Gasteiger partial charge in [0.1, 0.15) is 5.56 Å². The van der Waals surface area contributed by atoms with Crippen LogP contribution in [0.3, 0.4) is 0 Å². The highest BCUT2D eigenvalue weighted by molar-refractivity contribution is 5.94. The SMILES string of the molecule is CCCn1c(C(C)C)ccc(C(=O)N2CCNCC2)c1=O. The summed E-state index contributed by atoms with van der Waals surface area (Å²) in [6, 6.07) is 3.63. The van der Waals surface area contributed by atoms with Crippen molar-refractivity contribution >= 4 is 5.91 Å². The van der Waals surface area contributed by atoms with Gasteiger partial charge in [0.15, 0.2) is 0 Å². The summed E-state index contributed by atoms with van der Waals surface area (Å²) in [5.74, 6) is 0.134. The number of aromatic nitrogens is 1. The van der Waals surface area contributed by atoms with Crippen molar-refractivity contribution in [1.29, 1.82) is 0 Å². The molecule has 2 rings (SSSR count).